The van der Waals surface area contributed by atoms with E-state index in [0.717, 1.165) is 0 Å². The van der Waals surface area contributed by atoms with E-state index in [1.165, 1.54) is 24.3 Å². The molecule has 0 unspecified atom stereocenters. The number of nitro groups is 1. The van der Waals surface area contributed by atoms with Gasteiger partial charge in [-0.1, -0.05) is 18.2 Å². The first kappa shape index (κ1) is 15.8. The smallest absolute Gasteiger partial charge is 0.270 e. The highest BCUT2D eigenvalue weighted by Gasteiger charge is 2.27. The summed E-state index contributed by atoms with van der Waals surface area (Å²) in [6.07, 6.45) is -0.345. The van der Waals surface area contributed by atoms with Crippen molar-refractivity contribution in [2.45, 2.75) is 19.1 Å². The number of carbonyl (C=O) groups is 1. The molecule has 1 aliphatic rings. The Balaban J connectivity index is 1.67. The number of non-ortho nitro benzene ring substituents is 1. The second-order valence-electron chi connectivity index (χ2n) is 5.48. The first-order valence-electron chi connectivity index (χ1n) is 7.48. The predicted octanol–water partition coefficient (Wildman–Crippen LogP) is 2.55. The van der Waals surface area contributed by atoms with Crippen LogP contribution in [0.5, 0.6) is 11.5 Å². The van der Waals surface area contributed by atoms with Crippen LogP contribution in [0.1, 0.15) is 17.3 Å². The van der Waals surface area contributed by atoms with Crippen molar-refractivity contribution in [2.24, 2.45) is 0 Å². The van der Waals surface area contributed by atoms with Gasteiger partial charge < -0.3 is 14.8 Å². The number of para-hydroxylation sites is 2. The van der Waals surface area contributed by atoms with Gasteiger partial charge in [0.05, 0.1) is 11.0 Å². The average Bonchev–Trinajstić information content (AvgIpc) is 2.61. The van der Waals surface area contributed by atoms with Gasteiger partial charge >= 0.3 is 0 Å². The summed E-state index contributed by atoms with van der Waals surface area (Å²) in [5, 5.41) is 13.6. The lowest BCUT2D eigenvalue weighted by molar-refractivity contribution is -0.384. The van der Waals surface area contributed by atoms with Crippen molar-refractivity contribution < 1.29 is 19.2 Å². The van der Waals surface area contributed by atoms with Crippen molar-refractivity contribution in [3.05, 3.63) is 64.2 Å². The molecular formula is C17H16N2O5. The molecule has 0 radical (unpaired) electrons. The molecule has 2 aromatic carbocycles. The number of carbonyl (C=O) groups excluding carboxylic acids is 1. The van der Waals surface area contributed by atoms with Gasteiger partial charge in [-0.25, -0.2) is 0 Å². The van der Waals surface area contributed by atoms with Gasteiger partial charge in [0.1, 0.15) is 6.61 Å². The Bertz CT molecular complexity index is 777. The maximum Gasteiger partial charge on any atom is 0.270 e. The van der Waals surface area contributed by atoms with Crippen molar-refractivity contribution in [1.82, 2.24) is 5.32 Å². The van der Waals surface area contributed by atoms with Crippen molar-refractivity contribution in [2.75, 3.05) is 6.61 Å². The lowest BCUT2D eigenvalue weighted by Crippen LogP contribution is -2.48. The molecule has 1 N–H and O–H groups in total. The fourth-order valence-corrected chi connectivity index (χ4v) is 2.43. The van der Waals surface area contributed by atoms with E-state index in [1.807, 2.05) is 18.2 Å². The summed E-state index contributed by atoms with van der Waals surface area (Å²) in [4.78, 5) is 22.6. The average molecular weight is 328 g/mol. The molecule has 1 heterocycles. The van der Waals surface area contributed by atoms with Crippen molar-refractivity contribution in [3.63, 3.8) is 0 Å². The molecule has 3 rings (SSSR count). The fraction of sp³-hybridized carbons (Fsp3) is 0.235. The Morgan fingerprint density at radius 1 is 1.25 bits per heavy atom. The zero-order chi connectivity index (χ0) is 17.1. The number of rotatable bonds is 4. The van der Waals surface area contributed by atoms with Crippen LogP contribution in [0.4, 0.5) is 5.69 Å². The fourth-order valence-electron chi connectivity index (χ4n) is 2.43. The van der Waals surface area contributed by atoms with E-state index in [2.05, 4.69) is 5.32 Å². The number of benzene rings is 2. The zero-order valence-electron chi connectivity index (χ0n) is 13.0. The number of hydrogen-bond acceptors (Lipinski definition) is 5. The van der Waals surface area contributed by atoms with Gasteiger partial charge in [0, 0.05) is 17.7 Å². The number of nitrogens with zero attached hydrogens (tertiary/aromatic N) is 1. The van der Waals surface area contributed by atoms with E-state index in [0.29, 0.717) is 18.1 Å². The molecule has 2 aromatic rings. The summed E-state index contributed by atoms with van der Waals surface area (Å²) in [5.74, 6) is 0.907. The Kier molecular flexibility index (Phi) is 4.33. The molecule has 0 aliphatic carbocycles. The van der Waals surface area contributed by atoms with Crippen LogP contribution in [0.2, 0.25) is 0 Å². The Morgan fingerprint density at radius 2 is 2.00 bits per heavy atom. The van der Waals surface area contributed by atoms with Crippen LogP contribution in [-0.2, 0) is 0 Å². The monoisotopic (exact) mass is 328 g/mol. The standard InChI is InChI=1S/C17H16N2O5/c1-11(16-10-23-14-7-2-3-8-15(14)24-16)18-17(20)12-5-4-6-13(9-12)19(21)22/h2-9,11,16H,10H2,1H3,(H,18,20)/t11-,16+/m1/s1. The van der Waals surface area contributed by atoms with Crippen LogP contribution in [0.3, 0.4) is 0 Å². The summed E-state index contributed by atoms with van der Waals surface area (Å²) in [6.45, 7) is 2.12. The molecule has 0 fully saturated rings. The molecule has 24 heavy (non-hydrogen) atoms. The van der Waals surface area contributed by atoms with Crippen molar-refractivity contribution in [3.8, 4) is 11.5 Å². The highest BCUT2D eigenvalue weighted by Crippen LogP contribution is 2.31. The molecule has 0 aromatic heterocycles. The molecular weight excluding hydrogens is 312 g/mol. The largest absolute Gasteiger partial charge is 0.486 e. The molecule has 0 saturated carbocycles. The van der Waals surface area contributed by atoms with Crippen LogP contribution >= 0.6 is 0 Å². The molecule has 0 saturated heterocycles. The first-order chi connectivity index (χ1) is 11.5. The lowest BCUT2D eigenvalue weighted by atomic mass is 10.1. The van der Waals surface area contributed by atoms with Crippen LogP contribution in [0.25, 0.3) is 0 Å². The van der Waals surface area contributed by atoms with Gasteiger partial charge in [-0.3, -0.25) is 14.9 Å². The van der Waals surface area contributed by atoms with Gasteiger partial charge in [-0.05, 0) is 25.1 Å². The highest BCUT2D eigenvalue weighted by molar-refractivity contribution is 5.95. The summed E-state index contributed by atoms with van der Waals surface area (Å²) in [5.41, 5.74) is 0.106. The second kappa shape index (κ2) is 6.57. The van der Waals surface area contributed by atoms with Gasteiger partial charge in [0.2, 0.25) is 0 Å². The third-order valence-electron chi connectivity index (χ3n) is 3.77. The molecule has 0 spiro atoms. The minimum absolute atomic E-state index is 0.124. The molecule has 0 bridgehead atoms. The number of hydrogen-bond donors (Lipinski definition) is 1. The normalized spacial score (nSPS) is 17.0. The van der Waals surface area contributed by atoms with Gasteiger partial charge in [-0.15, -0.1) is 0 Å². The molecule has 1 amide bonds. The number of nitrogens with one attached hydrogen (secondary N) is 1. The van der Waals surface area contributed by atoms with Crippen LogP contribution in [-0.4, -0.2) is 29.6 Å². The number of ether oxygens (including phenoxy) is 2. The van der Waals surface area contributed by atoms with Gasteiger partial charge in [0.25, 0.3) is 11.6 Å². The quantitative estimate of drug-likeness (QED) is 0.688. The van der Waals surface area contributed by atoms with Gasteiger partial charge in [0.15, 0.2) is 17.6 Å². The zero-order valence-corrected chi connectivity index (χ0v) is 13.0. The van der Waals surface area contributed by atoms with Gasteiger partial charge in [-0.2, -0.15) is 0 Å². The van der Waals surface area contributed by atoms with E-state index >= 15 is 0 Å². The minimum Gasteiger partial charge on any atom is -0.486 e. The summed E-state index contributed by atoms with van der Waals surface area (Å²) >= 11 is 0. The molecule has 7 nitrogen and oxygen atoms in total. The lowest BCUT2D eigenvalue weighted by Gasteiger charge is -2.30. The molecule has 1 aliphatic heterocycles. The van der Waals surface area contributed by atoms with Crippen LogP contribution in [0, 0.1) is 10.1 Å². The van der Waals surface area contributed by atoms with E-state index in [-0.39, 0.29) is 23.4 Å². The molecule has 2 atom stereocenters. The number of fused-ring (bicyclic) bond motifs is 1. The van der Waals surface area contributed by atoms with E-state index in [9.17, 15) is 14.9 Å². The molecule has 7 heteroatoms. The Hall–Kier alpha value is -3.09. The van der Waals surface area contributed by atoms with Crippen molar-refractivity contribution >= 4 is 11.6 Å². The van der Waals surface area contributed by atoms with Crippen LogP contribution < -0.4 is 14.8 Å². The Morgan fingerprint density at radius 3 is 2.75 bits per heavy atom. The van der Waals surface area contributed by atoms with E-state index in [4.69, 9.17) is 9.47 Å². The van der Waals surface area contributed by atoms with E-state index in [1.54, 1.807) is 13.0 Å². The predicted molar refractivity (Wildman–Crippen MR) is 86.4 cm³/mol. The van der Waals surface area contributed by atoms with Crippen LogP contribution in [0.15, 0.2) is 48.5 Å². The second-order valence-corrected chi connectivity index (χ2v) is 5.48. The number of nitro benzene ring substituents is 1. The SMILES string of the molecule is C[C@@H](NC(=O)c1cccc([N+](=O)[O-])c1)[C@@H]1COc2ccccc2O1. The van der Waals surface area contributed by atoms with E-state index < -0.39 is 10.8 Å². The minimum atomic E-state index is -0.533. The van der Waals surface area contributed by atoms with Crippen molar-refractivity contribution in [1.29, 1.82) is 0 Å². The summed E-state index contributed by atoms with van der Waals surface area (Å²) in [7, 11) is 0. The Labute approximate surface area is 138 Å². The summed E-state index contributed by atoms with van der Waals surface area (Å²) < 4.78 is 11.5. The third-order valence-corrected chi connectivity index (χ3v) is 3.77. The maximum atomic E-state index is 12.3. The third kappa shape index (κ3) is 3.29. The molecule has 124 valence electrons. The number of amides is 1. The maximum absolute atomic E-state index is 12.3. The summed E-state index contributed by atoms with van der Waals surface area (Å²) in [6, 6.07) is 12.6. The highest BCUT2D eigenvalue weighted by atomic mass is 16.6. The first-order valence-corrected chi connectivity index (χ1v) is 7.48. The topological polar surface area (TPSA) is 90.7 Å².